The molecule has 28 heavy (non-hydrogen) atoms. The van der Waals surface area contributed by atoms with Crippen LogP contribution in [0.1, 0.15) is 35.1 Å². The number of fused-ring (bicyclic) bond motifs is 1. The lowest BCUT2D eigenvalue weighted by Gasteiger charge is -2.27. The zero-order valence-corrected chi connectivity index (χ0v) is 15.8. The monoisotopic (exact) mass is 390 g/mol. The number of hydrogen-bond acceptors (Lipinski definition) is 2. The summed E-state index contributed by atoms with van der Waals surface area (Å²) in [6.07, 6.45) is 0.130. The Morgan fingerprint density at radius 3 is 2.32 bits per heavy atom. The molecule has 4 rings (SSSR count). The largest absolute Gasteiger partial charge is 0.345 e. The van der Waals surface area contributed by atoms with Crippen molar-refractivity contribution in [2.24, 2.45) is 0 Å². The number of halogens is 1. The van der Waals surface area contributed by atoms with E-state index in [9.17, 15) is 9.59 Å². The van der Waals surface area contributed by atoms with E-state index < -0.39 is 5.92 Å². The molecular formula is C23H19ClN2O2. The van der Waals surface area contributed by atoms with Gasteiger partial charge in [-0.25, -0.2) is 0 Å². The van der Waals surface area contributed by atoms with Crippen molar-refractivity contribution in [1.82, 2.24) is 5.32 Å². The van der Waals surface area contributed by atoms with Crippen molar-refractivity contribution in [3.05, 3.63) is 101 Å². The van der Waals surface area contributed by atoms with Crippen molar-refractivity contribution in [1.29, 1.82) is 0 Å². The lowest BCUT2D eigenvalue weighted by molar-refractivity contribution is -0.126. The van der Waals surface area contributed by atoms with Gasteiger partial charge < -0.3 is 10.6 Å². The van der Waals surface area contributed by atoms with Gasteiger partial charge >= 0.3 is 0 Å². The van der Waals surface area contributed by atoms with Crippen molar-refractivity contribution >= 4 is 29.1 Å². The topological polar surface area (TPSA) is 58.2 Å². The molecule has 0 fully saturated rings. The number of carbonyl (C=O) groups excluding carboxylic acids is 2. The minimum Gasteiger partial charge on any atom is -0.345 e. The van der Waals surface area contributed by atoms with Gasteiger partial charge in [0.05, 0.1) is 12.0 Å². The van der Waals surface area contributed by atoms with Gasteiger partial charge in [0.15, 0.2) is 0 Å². The molecule has 3 aromatic rings. The molecule has 2 N–H and O–H groups in total. The minimum atomic E-state index is -0.525. The minimum absolute atomic E-state index is 0.130. The summed E-state index contributed by atoms with van der Waals surface area (Å²) in [5, 5.41) is 6.61. The van der Waals surface area contributed by atoms with E-state index in [2.05, 4.69) is 10.6 Å². The maximum atomic E-state index is 13.2. The summed E-state index contributed by atoms with van der Waals surface area (Å²) in [5.74, 6) is -0.851. The van der Waals surface area contributed by atoms with E-state index in [-0.39, 0.29) is 24.3 Å². The van der Waals surface area contributed by atoms with Gasteiger partial charge in [-0.15, -0.1) is 0 Å². The highest BCUT2D eigenvalue weighted by Gasteiger charge is 2.32. The standard InChI is InChI=1S/C23H19ClN2O2/c24-17-12-10-16(11-13-17)22(15-6-2-1-3-7-15)26-23(28)19-14-21(27)25-20-9-5-4-8-18(19)20/h1-13,19,22H,14H2,(H,25,27)(H,26,28)/t19-,22+/m1/s1. The van der Waals surface area contributed by atoms with Gasteiger partial charge in [0.2, 0.25) is 11.8 Å². The Morgan fingerprint density at radius 1 is 0.929 bits per heavy atom. The summed E-state index contributed by atoms with van der Waals surface area (Å²) < 4.78 is 0. The number of carbonyl (C=O) groups is 2. The number of anilines is 1. The predicted octanol–water partition coefficient (Wildman–Crippen LogP) is 4.67. The first-order valence-electron chi connectivity index (χ1n) is 9.11. The fraction of sp³-hybridized carbons (Fsp3) is 0.130. The molecule has 2 amide bonds. The third-order valence-corrected chi connectivity index (χ3v) is 5.19. The summed E-state index contributed by atoms with van der Waals surface area (Å²) >= 11 is 6.03. The van der Waals surface area contributed by atoms with Crippen molar-refractivity contribution < 1.29 is 9.59 Å². The summed E-state index contributed by atoms with van der Waals surface area (Å²) in [6.45, 7) is 0. The molecule has 0 aromatic heterocycles. The molecule has 4 nitrogen and oxygen atoms in total. The Morgan fingerprint density at radius 2 is 1.57 bits per heavy atom. The molecule has 0 unspecified atom stereocenters. The van der Waals surface area contributed by atoms with Crippen LogP contribution in [0.5, 0.6) is 0 Å². The molecule has 1 heterocycles. The van der Waals surface area contributed by atoms with Crippen molar-refractivity contribution in [3.8, 4) is 0 Å². The van der Waals surface area contributed by atoms with E-state index in [0.717, 1.165) is 16.7 Å². The zero-order chi connectivity index (χ0) is 19.5. The predicted molar refractivity (Wildman–Crippen MR) is 110 cm³/mol. The van der Waals surface area contributed by atoms with Crippen molar-refractivity contribution in [2.75, 3.05) is 5.32 Å². The van der Waals surface area contributed by atoms with Gasteiger partial charge in [0.25, 0.3) is 0 Å². The van der Waals surface area contributed by atoms with Crippen LogP contribution in [0.25, 0.3) is 0 Å². The molecule has 2 atom stereocenters. The normalized spacial score (nSPS) is 16.6. The first kappa shape index (κ1) is 18.3. The van der Waals surface area contributed by atoms with Crippen molar-refractivity contribution in [2.45, 2.75) is 18.4 Å². The molecule has 0 radical (unpaired) electrons. The number of para-hydroxylation sites is 1. The smallest absolute Gasteiger partial charge is 0.228 e. The van der Waals surface area contributed by atoms with Gasteiger partial charge in [-0.2, -0.15) is 0 Å². The Hall–Kier alpha value is -3.11. The second kappa shape index (κ2) is 7.87. The van der Waals surface area contributed by atoms with Crippen LogP contribution in [0.2, 0.25) is 5.02 Å². The molecule has 0 spiro atoms. The highest BCUT2D eigenvalue weighted by molar-refractivity contribution is 6.30. The molecule has 3 aromatic carbocycles. The van der Waals surface area contributed by atoms with Crippen LogP contribution in [-0.4, -0.2) is 11.8 Å². The van der Waals surface area contributed by atoms with Gasteiger partial charge in [-0.05, 0) is 34.9 Å². The Bertz CT molecular complexity index is 1000. The van der Waals surface area contributed by atoms with E-state index in [1.807, 2.05) is 78.9 Å². The molecule has 140 valence electrons. The van der Waals surface area contributed by atoms with Crippen LogP contribution in [0.3, 0.4) is 0 Å². The SMILES string of the molecule is O=C1C[C@@H](C(=O)N[C@@H](c2ccccc2)c2ccc(Cl)cc2)c2ccccc2N1. The van der Waals surface area contributed by atoms with Crippen molar-refractivity contribution in [3.63, 3.8) is 0 Å². The third kappa shape index (κ3) is 3.78. The van der Waals surface area contributed by atoms with Crippen LogP contribution < -0.4 is 10.6 Å². The molecular weight excluding hydrogens is 372 g/mol. The second-order valence-electron chi connectivity index (χ2n) is 6.80. The number of rotatable bonds is 4. The fourth-order valence-electron chi connectivity index (χ4n) is 3.55. The molecule has 0 saturated heterocycles. The quantitative estimate of drug-likeness (QED) is 0.680. The Kier molecular flexibility index (Phi) is 5.13. The highest BCUT2D eigenvalue weighted by Crippen LogP contribution is 2.33. The maximum absolute atomic E-state index is 13.2. The van der Waals surface area contributed by atoms with E-state index in [1.54, 1.807) is 0 Å². The number of benzene rings is 3. The van der Waals surface area contributed by atoms with Crippen LogP contribution in [0, 0.1) is 0 Å². The summed E-state index contributed by atoms with van der Waals surface area (Å²) in [4.78, 5) is 25.3. The van der Waals surface area contributed by atoms with Gasteiger partial charge in [-0.1, -0.05) is 72.3 Å². The fourth-order valence-corrected chi connectivity index (χ4v) is 3.67. The zero-order valence-electron chi connectivity index (χ0n) is 15.1. The molecule has 0 bridgehead atoms. The Balaban J connectivity index is 1.66. The highest BCUT2D eigenvalue weighted by atomic mass is 35.5. The van der Waals surface area contributed by atoms with Gasteiger partial charge in [-0.3, -0.25) is 9.59 Å². The van der Waals surface area contributed by atoms with Gasteiger partial charge in [0, 0.05) is 17.1 Å². The van der Waals surface area contributed by atoms with Gasteiger partial charge in [0.1, 0.15) is 0 Å². The number of hydrogen-bond donors (Lipinski definition) is 2. The summed E-state index contributed by atoms with van der Waals surface area (Å²) in [6, 6.07) is 24.3. The molecule has 0 saturated carbocycles. The molecule has 1 aliphatic rings. The number of amides is 2. The molecule has 0 aliphatic carbocycles. The third-order valence-electron chi connectivity index (χ3n) is 4.94. The lowest BCUT2D eigenvalue weighted by Crippen LogP contribution is -2.37. The lowest BCUT2D eigenvalue weighted by atomic mass is 9.89. The van der Waals surface area contributed by atoms with Crippen LogP contribution >= 0.6 is 11.6 Å². The average molecular weight is 391 g/mol. The van der Waals surface area contributed by atoms with E-state index in [4.69, 9.17) is 11.6 Å². The summed E-state index contributed by atoms with van der Waals surface area (Å²) in [7, 11) is 0. The molecule has 1 aliphatic heterocycles. The first-order chi connectivity index (χ1) is 13.6. The van der Waals surface area contributed by atoms with E-state index in [0.29, 0.717) is 10.7 Å². The van der Waals surface area contributed by atoms with E-state index >= 15 is 0 Å². The van der Waals surface area contributed by atoms with Crippen LogP contribution in [0.4, 0.5) is 5.69 Å². The van der Waals surface area contributed by atoms with Crippen LogP contribution in [-0.2, 0) is 9.59 Å². The summed E-state index contributed by atoms with van der Waals surface area (Å²) in [5.41, 5.74) is 3.42. The second-order valence-corrected chi connectivity index (χ2v) is 7.23. The molecule has 5 heteroatoms. The first-order valence-corrected chi connectivity index (χ1v) is 9.49. The Labute approximate surface area is 168 Å². The van der Waals surface area contributed by atoms with E-state index in [1.165, 1.54) is 0 Å². The maximum Gasteiger partial charge on any atom is 0.228 e. The number of nitrogens with one attached hydrogen (secondary N) is 2. The van der Waals surface area contributed by atoms with Crippen LogP contribution in [0.15, 0.2) is 78.9 Å². The average Bonchev–Trinajstić information content (AvgIpc) is 2.72.